The van der Waals surface area contributed by atoms with Gasteiger partial charge in [-0.15, -0.1) is 0 Å². The zero-order chi connectivity index (χ0) is 17.5. The first-order valence-corrected chi connectivity index (χ1v) is 8.68. The Morgan fingerprint density at radius 3 is 3.08 bits per heavy atom. The third kappa shape index (κ3) is 5.11. The van der Waals surface area contributed by atoms with Crippen LogP contribution in [-0.2, 0) is 20.8 Å². The summed E-state index contributed by atoms with van der Waals surface area (Å²) in [7, 11) is 0. The van der Waals surface area contributed by atoms with E-state index >= 15 is 0 Å². The number of ether oxygens (including phenoxy) is 2. The zero-order valence-corrected chi connectivity index (χ0v) is 14.4. The molecule has 0 saturated carbocycles. The smallest absolute Gasteiger partial charge is 0.249 e. The van der Waals surface area contributed by atoms with Crippen LogP contribution in [0.2, 0.25) is 0 Å². The minimum Gasteiger partial charge on any atom is -0.376 e. The zero-order valence-electron chi connectivity index (χ0n) is 14.4. The second kappa shape index (κ2) is 8.73. The quantitative estimate of drug-likeness (QED) is 0.829. The van der Waals surface area contributed by atoms with Crippen molar-refractivity contribution in [1.29, 1.82) is 0 Å². The third-order valence-electron chi connectivity index (χ3n) is 4.19. The first kappa shape index (κ1) is 17.6. The van der Waals surface area contributed by atoms with E-state index in [1.54, 1.807) is 24.0 Å². The fourth-order valence-electron chi connectivity index (χ4n) is 2.66. The summed E-state index contributed by atoms with van der Waals surface area (Å²) in [4.78, 5) is 16.5. The lowest BCUT2D eigenvalue weighted by atomic mass is 10.1. The summed E-state index contributed by atoms with van der Waals surface area (Å²) in [5, 5.41) is 7.00. The van der Waals surface area contributed by atoms with Crippen LogP contribution in [0.15, 0.2) is 36.8 Å². The van der Waals surface area contributed by atoms with E-state index in [0.717, 1.165) is 37.3 Å². The van der Waals surface area contributed by atoms with E-state index in [1.165, 1.54) is 0 Å². The molecule has 2 aromatic heterocycles. The molecule has 1 saturated heterocycles. The maximum Gasteiger partial charge on any atom is 0.249 e. The predicted molar refractivity (Wildman–Crippen MR) is 92.2 cm³/mol. The number of hydrogen-bond donors (Lipinski definition) is 1. The van der Waals surface area contributed by atoms with E-state index < -0.39 is 6.10 Å². The monoisotopic (exact) mass is 344 g/mol. The predicted octanol–water partition coefficient (Wildman–Crippen LogP) is 1.86. The molecule has 3 heterocycles. The van der Waals surface area contributed by atoms with Gasteiger partial charge in [-0.25, -0.2) is 9.67 Å². The first-order valence-electron chi connectivity index (χ1n) is 8.68. The van der Waals surface area contributed by atoms with Gasteiger partial charge in [-0.3, -0.25) is 4.79 Å². The molecule has 0 radical (unpaired) electrons. The van der Waals surface area contributed by atoms with Crippen LogP contribution < -0.4 is 5.32 Å². The Balaban J connectivity index is 1.41. The van der Waals surface area contributed by atoms with E-state index in [1.807, 2.05) is 24.4 Å². The molecule has 1 aliphatic rings. The number of pyridine rings is 1. The Labute approximate surface area is 147 Å². The van der Waals surface area contributed by atoms with Crippen LogP contribution in [0.4, 0.5) is 0 Å². The molecule has 134 valence electrons. The van der Waals surface area contributed by atoms with Gasteiger partial charge in [0.05, 0.1) is 12.7 Å². The van der Waals surface area contributed by atoms with Crippen molar-refractivity contribution < 1.29 is 14.3 Å². The highest BCUT2D eigenvalue weighted by molar-refractivity contribution is 5.80. The molecule has 7 nitrogen and oxygen atoms in total. The third-order valence-corrected chi connectivity index (χ3v) is 4.19. The Morgan fingerprint density at radius 1 is 1.48 bits per heavy atom. The van der Waals surface area contributed by atoms with E-state index in [9.17, 15) is 4.79 Å². The average molecular weight is 344 g/mol. The molecule has 1 aliphatic heterocycles. The molecule has 0 aliphatic carbocycles. The SMILES string of the molecule is CC(OCC1CCCCO1)C(=O)NCc1ccc(-n2cccn2)nc1. The lowest BCUT2D eigenvalue weighted by Gasteiger charge is -2.23. The molecule has 2 aromatic rings. The van der Waals surface area contributed by atoms with Crippen molar-refractivity contribution in [1.82, 2.24) is 20.1 Å². The van der Waals surface area contributed by atoms with Crippen LogP contribution in [-0.4, -0.2) is 46.1 Å². The van der Waals surface area contributed by atoms with Gasteiger partial charge in [0, 0.05) is 31.7 Å². The molecule has 1 amide bonds. The highest BCUT2D eigenvalue weighted by atomic mass is 16.5. The molecule has 1 N–H and O–H groups in total. The summed E-state index contributed by atoms with van der Waals surface area (Å²) in [6.07, 6.45) is 8.16. The van der Waals surface area contributed by atoms with Crippen LogP contribution in [0.3, 0.4) is 0 Å². The standard InChI is InChI=1S/C18H24N4O3/c1-14(25-13-16-5-2-3-10-24-16)18(23)20-12-15-6-7-17(19-11-15)22-9-4-8-21-22/h4,6-9,11,14,16H,2-3,5,10,12-13H2,1H3,(H,20,23). The van der Waals surface area contributed by atoms with E-state index in [2.05, 4.69) is 15.4 Å². The van der Waals surface area contributed by atoms with Gasteiger partial charge >= 0.3 is 0 Å². The fraction of sp³-hybridized carbons (Fsp3) is 0.500. The molecule has 7 heteroatoms. The van der Waals surface area contributed by atoms with E-state index in [-0.39, 0.29) is 12.0 Å². The number of amides is 1. The minimum atomic E-state index is -0.498. The van der Waals surface area contributed by atoms with Gasteiger partial charge in [0.2, 0.25) is 5.91 Å². The van der Waals surface area contributed by atoms with Crippen molar-refractivity contribution in [3.63, 3.8) is 0 Å². The number of carbonyl (C=O) groups is 1. The maximum absolute atomic E-state index is 12.1. The molecule has 0 spiro atoms. The van der Waals surface area contributed by atoms with Crippen LogP contribution in [0.1, 0.15) is 31.7 Å². The molecular formula is C18H24N4O3. The lowest BCUT2D eigenvalue weighted by molar-refractivity contribution is -0.135. The number of hydrogen-bond acceptors (Lipinski definition) is 5. The topological polar surface area (TPSA) is 78.3 Å². The molecule has 0 bridgehead atoms. The highest BCUT2D eigenvalue weighted by Gasteiger charge is 2.18. The van der Waals surface area contributed by atoms with Crippen molar-refractivity contribution in [2.24, 2.45) is 0 Å². The number of carbonyl (C=O) groups excluding carboxylic acids is 1. The fourth-order valence-corrected chi connectivity index (χ4v) is 2.66. The molecule has 2 atom stereocenters. The van der Waals surface area contributed by atoms with Crippen molar-refractivity contribution in [2.45, 2.75) is 44.9 Å². The molecule has 3 rings (SSSR count). The first-order chi connectivity index (χ1) is 12.2. The summed E-state index contributed by atoms with van der Waals surface area (Å²) in [6, 6.07) is 5.64. The van der Waals surface area contributed by atoms with Crippen LogP contribution in [0, 0.1) is 0 Å². The van der Waals surface area contributed by atoms with Gasteiger partial charge in [0.25, 0.3) is 0 Å². The van der Waals surface area contributed by atoms with Gasteiger partial charge in [-0.05, 0) is 43.9 Å². The lowest BCUT2D eigenvalue weighted by Crippen LogP contribution is -2.36. The van der Waals surface area contributed by atoms with Crippen LogP contribution in [0.5, 0.6) is 0 Å². The van der Waals surface area contributed by atoms with Gasteiger partial charge in [0.1, 0.15) is 6.10 Å². The number of aromatic nitrogens is 3. The molecule has 2 unspecified atom stereocenters. The van der Waals surface area contributed by atoms with Gasteiger partial charge in [-0.2, -0.15) is 5.10 Å². The maximum atomic E-state index is 12.1. The minimum absolute atomic E-state index is 0.114. The normalized spacial score (nSPS) is 18.7. The number of nitrogens with one attached hydrogen (secondary N) is 1. The van der Waals surface area contributed by atoms with Crippen molar-refractivity contribution in [2.75, 3.05) is 13.2 Å². The van der Waals surface area contributed by atoms with Gasteiger partial charge in [0.15, 0.2) is 5.82 Å². The largest absolute Gasteiger partial charge is 0.376 e. The molecular weight excluding hydrogens is 320 g/mol. The Bertz CT molecular complexity index is 651. The van der Waals surface area contributed by atoms with Crippen molar-refractivity contribution >= 4 is 5.91 Å². The summed E-state index contributed by atoms with van der Waals surface area (Å²) >= 11 is 0. The number of nitrogens with zero attached hydrogens (tertiary/aromatic N) is 3. The average Bonchev–Trinajstić information content (AvgIpc) is 3.20. The van der Waals surface area contributed by atoms with Gasteiger partial charge < -0.3 is 14.8 Å². The Kier molecular flexibility index (Phi) is 6.14. The second-order valence-corrected chi connectivity index (χ2v) is 6.16. The summed E-state index contributed by atoms with van der Waals surface area (Å²) < 4.78 is 12.9. The van der Waals surface area contributed by atoms with Crippen LogP contribution in [0.25, 0.3) is 5.82 Å². The van der Waals surface area contributed by atoms with Crippen molar-refractivity contribution in [3.8, 4) is 5.82 Å². The molecule has 1 fully saturated rings. The second-order valence-electron chi connectivity index (χ2n) is 6.16. The van der Waals surface area contributed by atoms with E-state index in [4.69, 9.17) is 9.47 Å². The van der Waals surface area contributed by atoms with Gasteiger partial charge in [-0.1, -0.05) is 6.07 Å². The number of rotatable bonds is 7. The molecule has 25 heavy (non-hydrogen) atoms. The van der Waals surface area contributed by atoms with E-state index in [0.29, 0.717) is 13.2 Å². The van der Waals surface area contributed by atoms with Crippen molar-refractivity contribution in [3.05, 3.63) is 42.4 Å². The summed E-state index contributed by atoms with van der Waals surface area (Å²) in [6.45, 7) is 3.43. The molecule has 0 aromatic carbocycles. The Morgan fingerprint density at radius 2 is 2.40 bits per heavy atom. The highest BCUT2D eigenvalue weighted by Crippen LogP contribution is 2.13. The van der Waals surface area contributed by atoms with Crippen LogP contribution >= 0.6 is 0 Å². The Hall–Kier alpha value is -2.25. The summed E-state index contributed by atoms with van der Waals surface area (Å²) in [5.41, 5.74) is 0.923. The summed E-state index contributed by atoms with van der Waals surface area (Å²) in [5.74, 6) is 0.608.